The van der Waals surface area contributed by atoms with Gasteiger partial charge in [0.15, 0.2) is 0 Å². The zero-order chi connectivity index (χ0) is 30.8. The molecule has 0 unspecified atom stereocenters. The van der Waals surface area contributed by atoms with Crippen molar-refractivity contribution in [3.8, 4) is 11.5 Å². The smallest absolute Gasteiger partial charge is 0.244 e. The molecule has 0 bridgehead atoms. The molecule has 0 aromatic heterocycles. The van der Waals surface area contributed by atoms with Crippen molar-refractivity contribution in [1.82, 2.24) is 10.2 Å². The highest BCUT2D eigenvalue weighted by molar-refractivity contribution is 7.92. The third kappa shape index (κ3) is 8.73. The molecule has 43 heavy (non-hydrogen) atoms. The lowest BCUT2D eigenvalue weighted by Crippen LogP contribution is -2.55. The molecule has 3 aromatic carbocycles. The predicted molar refractivity (Wildman–Crippen MR) is 168 cm³/mol. The molecule has 3 aromatic rings. The molecule has 0 saturated heterocycles. The zero-order valence-electron chi connectivity index (χ0n) is 25.1. The summed E-state index contributed by atoms with van der Waals surface area (Å²) < 4.78 is 38.0. The predicted octanol–water partition coefficient (Wildman–Crippen LogP) is 4.56. The van der Waals surface area contributed by atoms with Crippen LogP contribution in [0.1, 0.15) is 43.2 Å². The van der Waals surface area contributed by atoms with Gasteiger partial charge in [0.1, 0.15) is 24.1 Å². The van der Waals surface area contributed by atoms with Crippen LogP contribution in [0.15, 0.2) is 78.9 Å². The summed E-state index contributed by atoms with van der Waals surface area (Å²) in [7, 11) is -1.01. The SMILES string of the molecule is COc1ccc(N(CC(=O)N(Cc2ccccc2)[C@@H](Cc2ccccc2)C(=O)NC2CCCCC2)S(C)(=O)=O)c(OC)c1. The number of methoxy groups -OCH3 is 2. The van der Waals surface area contributed by atoms with Crippen molar-refractivity contribution in [2.75, 3.05) is 31.3 Å². The Morgan fingerprint density at radius 3 is 2.09 bits per heavy atom. The number of rotatable bonds is 13. The van der Waals surface area contributed by atoms with Gasteiger partial charge in [-0.1, -0.05) is 79.9 Å². The Bertz CT molecular complexity index is 1460. The van der Waals surface area contributed by atoms with Crippen molar-refractivity contribution in [2.45, 2.75) is 57.2 Å². The van der Waals surface area contributed by atoms with Crippen molar-refractivity contribution in [1.29, 1.82) is 0 Å². The van der Waals surface area contributed by atoms with Crippen LogP contribution in [-0.4, -0.2) is 64.2 Å². The topological polar surface area (TPSA) is 105 Å². The average Bonchev–Trinajstić information content (AvgIpc) is 3.02. The normalized spacial score (nSPS) is 14.4. The van der Waals surface area contributed by atoms with Gasteiger partial charge in [-0.3, -0.25) is 13.9 Å². The van der Waals surface area contributed by atoms with Crippen LogP contribution in [0.25, 0.3) is 0 Å². The number of carbonyl (C=O) groups excluding carboxylic acids is 2. The summed E-state index contributed by atoms with van der Waals surface area (Å²) in [6.45, 7) is -0.386. The van der Waals surface area contributed by atoms with E-state index in [1.54, 1.807) is 18.2 Å². The number of nitrogens with one attached hydrogen (secondary N) is 1. The molecule has 2 amide bonds. The standard InChI is InChI=1S/C33H41N3O6S/c1-41-28-19-20-29(31(22-28)42-2)36(43(3,39)40)24-32(37)35(23-26-15-9-5-10-16-26)30(21-25-13-7-4-8-14-25)33(38)34-27-17-11-6-12-18-27/h4-5,7-10,13-16,19-20,22,27,30H,6,11-12,17-18,21,23-24H2,1-3H3,(H,34,38)/t30-/m0/s1. The highest BCUT2D eigenvalue weighted by atomic mass is 32.2. The fraction of sp³-hybridized carbons (Fsp3) is 0.394. The van der Waals surface area contributed by atoms with Crippen LogP contribution in [-0.2, 0) is 32.6 Å². The monoisotopic (exact) mass is 607 g/mol. The van der Waals surface area contributed by atoms with E-state index in [1.165, 1.54) is 19.1 Å². The summed E-state index contributed by atoms with van der Waals surface area (Å²) in [5, 5.41) is 3.21. The van der Waals surface area contributed by atoms with Crippen molar-refractivity contribution in [3.05, 3.63) is 90.0 Å². The van der Waals surface area contributed by atoms with Crippen LogP contribution in [0.5, 0.6) is 11.5 Å². The first kappa shape index (κ1) is 31.9. The Kier molecular flexibility index (Phi) is 11.1. The number of hydrogen-bond acceptors (Lipinski definition) is 6. The Morgan fingerprint density at radius 2 is 1.51 bits per heavy atom. The second-order valence-electron chi connectivity index (χ2n) is 10.9. The molecule has 1 atom stereocenters. The third-order valence-electron chi connectivity index (χ3n) is 7.75. The van der Waals surface area contributed by atoms with E-state index in [2.05, 4.69) is 5.32 Å². The summed E-state index contributed by atoms with van der Waals surface area (Å²) in [4.78, 5) is 29.8. The number of ether oxygens (including phenoxy) is 2. The van der Waals surface area contributed by atoms with E-state index in [4.69, 9.17) is 9.47 Å². The average molecular weight is 608 g/mol. The third-order valence-corrected chi connectivity index (χ3v) is 8.88. The largest absolute Gasteiger partial charge is 0.497 e. The highest BCUT2D eigenvalue weighted by Crippen LogP contribution is 2.34. The van der Waals surface area contributed by atoms with Gasteiger partial charge in [0.25, 0.3) is 0 Å². The van der Waals surface area contributed by atoms with Gasteiger partial charge < -0.3 is 19.7 Å². The van der Waals surface area contributed by atoms with E-state index in [0.29, 0.717) is 5.75 Å². The number of carbonyl (C=O) groups is 2. The molecule has 10 heteroatoms. The Morgan fingerprint density at radius 1 is 0.884 bits per heavy atom. The lowest BCUT2D eigenvalue weighted by molar-refractivity contribution is -0.140. The fourth-order valence-electron chi connectivity index (χ4n) is 5.46. The summed E-state index contributed by atoms with van der Waals surface area (Å²) in [5.41, 5.74) is 1.92. The van der Waals surface area contributed by atoms with Gasteiger partial charge in [0.05, 0.1) is 26.2 Å². The van der Waals surface area contributed by atoms with Gasteiger partial charge in [-0.2, -0.15) is 0 Å². The van der Waals surface area contributed by atoms with E-state index < -0.39 is 28.5 Å². The number of nitrogens with zero attached hydrogens (tertiary/aromatic N) is 2. The van der Waals surface area contributed by atoms with Gasteiger partial charge in [0.2, 0.25) is 21.8 Å². The van der Waals surface area contributed by atoms with Crippen LogP contribution in [0, 0.1) is 0 Å². The Hall–Kier alpha value is -4.05. The maximum absolute atomic E-state index is 14.3. The van der Waals surface area contributed by atoms with Crippen LogP contribution in [0.2, 0.25) is 0 Å². The first-order valence-electron chi connectivity index (χ1n) is 14.6. The van der Waals surface area contributed by atoms with Crippen molar-refractivity contribution in [3.63, 3.8) is 0 Å². The fourth-order valence-corrected chi connectivity index (χ4v) is 6.32. The van der Waals surface area contributed by atoms with Crippen LogP contribution in [0.3, 0.4) is 0 Å². The highest BCUT2D eigenvalue weighted by Gasteiger charge is 2.34. The molecule has 230 valence electrons. The van der Waals surface area contributed by atoms with Crippen LogP contribution in [0.4, 0.5) is 5.69 Å². The number of sulfonamides is 1. The van der Waals surface area contributed by atoms with Crippen LogP contribution >= 0.6 is 0 Å². The summed E-state index contributed by atoms with van der Waals surface area (Å²) in [5.74, 6) is -0.0312. The minimum Gasteiger partial charge on any atom is -0.497 e. The summed E-state index contributed by atoms with van der Waals surface area (Å²) >= 11 is 0. The quantitative estimate of drug-likeness (QED) is 0.306. The first-order valence-corrected chi connectivity index (χ1v) is 16.4. The Labute approximate surface area is 254 Å². The maximum atomic E-state index is 14.3. The van der Waals surface area contributed by atoms with Gasteiger partial charge in [-0.05, 0) is 36.1 Å². The second-order valence-corrected chi connectivity index (χ2v) is 12.8. The van der Waals surface area contributed by atoms with E-state index in [9.17, 15) is 18.0 Å². The first-order chi connectivity index (χ1) is 20.7. The summed E-state index contributed by atoms with van der Waals surface area (Å²) in [6, 6.07) is 22.9. The minimum absolute atomic E-state index is 0.0456. The van der Waals surface area contributed by atoms with Gasteiger partial charge >= 0.3 is 0 Å². The van der Waals surface area contributed by atoms with E-state index in [1.807, 2.05) is 60.7 Å². The number of benzene rings is 3. The van der Waals surface area contributed by atoms with Gasteiger partial charge in [-0.15, -0.1) is 0 Å². The Balaban J connectivity index is 1.73. The second kappa shape index (κ2) is 14.9. The van der Waals surface area contributed by atoms with E-state index in [0.717, 1.165) is 53.8 Å². The summed E-state index contributed by atoms with van der Waals surface area (Å²) in [6.07, 6.45) is 6.37. The molecule has 0 aliphatic heterocycles. The van der Waals surface area contributed by atoms with Crippen molar-refractivity contribution in [2.24, 2.45) is 0 Å². The maximum Gasteiger partial charge on any atom is 0.244 e. The molecule has 0 heterocycles. The van der Waals surface area contributed by atoms with Gasteiger partial charge in [0, 0.05) is 25.1 Å². The molecule has 1 aliphatic carbocycles. The van der Waals surface area contributed by atoms with Crippen molar-refractivity contribution >= 4 is 27.5 Å². The number of amides is 2. The number of anilines is 1. The zero-order valence-corrected chi connectivity index (χ0v) is 25.9. The molecular weight excluding hydrogens is 566 g/mol. The molecule has 1 fully saturated rings. The molecule has 1 N–H and O–H groups in total. The molecule has 9 nitrogen and oxygen atoms in total. The minimum atomic E-state index is -3.93. The van der Waals surface area contributed by atoms with Gasteiger partial charge in [-0.25, -0.2) is 8.42 Å². The van der Waals surface area contributed by atoms with E-state index >= 15 is 0 Å². The molecule has 1 saturated carbocycles. The van der Waals surface area contributed by atoms with E-state index in [-0.39, 0.29) is 36.4 Å². The lowest BCUT2D eigenvalue weighted by Gasteiger charge is -2.35. The molecule has 0 spiro atoms. The molecule has 0 radical (unpaired) electrons. The van der Waals surface area contributed by atoms with Crippen LogP contribution < -0.4 is 19.1 Å². The number of hydrogen-bond donors (Lipinski definition) is 1. The van der Waals surface area contributed by atoms with Crippen molar-refractivity contribution < 1.29 is 27.5 Å². The molecule has 4 rings (SSSR count). The molecular formula is C33H41N3O6S. The molecule has 1 aliphatic rings. The lowest BCUT2D eigenvalue weighted by atomic mass is 9.94.